The van der Waals surface area contributed by atoms with Crippen LogP contribution >= 0.6 is 23.2 Å². The Morgan fingerprint density at radius 2 is 1.00 bits per heavy atom. The Morgan fingerprint density at radius 3 is 1.40 bits per heavy atom. The quantitative estimate of drug-likeness (QED) is 0.732. The van der Waals surface area contributed by atoms with E-state index in [-0.39, 0.29) is 0 Å². The van der Waals surface area contributed by atoms with Gasteiger partial charge in [-0.25, -0.2) is 0 Å². The number of rotatable bonds is 4. The lowest BCUT2D eigenvalue weighted by Crippen LogP contribution is -1.77. The van der Waals surface area contributed by atoms with Gasteiger partial charge in [0.2, 0.25) is 0 Å². The minimum Gasteiger partial charge on any atom is -0.165 e. The number of hydrogen-bond donors (Lipinski definition) is 0. The van der Waals surface area contributed by atoms with Crippen LogP contribution in [0.15, 0.2) is 70.5 Å². The van der Waals surface area contributed by atoms with Crippen LogP contribution in [-0.4, -0.2) is 5.84 Å². The van der Waals surface area contributed by atoms with Gasteiger partial charge in [-0.2, -0.15) is 23.2 Å². The van der Waals surface area contributed by atoms with Gasteiger partial charge in [-0.15, -0.1) is 0 Å². The summed E-state index contributed by atoms with van der Waals surface area (Å²) < 4.78 is 0. The van der Waals surface area contributed by atoms with Gasteiger partial charge in [-0.3, -0.25) is 0 Å². The zero-order chi connectivity index (χ0) is 10.3. The van der Waals surface area contributed by atoms with E-state index in [0.29, 0.717) is 0 Å². The predicted octanol–water partition coefficient (Wildman–Crippen LogP) is 3.84. The highest BCUT2D eigenvalue weighted by Crippen LogP contribution is 2.24. The van der Waals surface area contributed by atoms with Crippen LogP contribution in [-0.2, 0) is 0 Å². The van der Waals surface area contributed by atoms with Gasteiger partial charge >= 0.3 is 0 Å². The van der Waals surface area contributed by atoms with E-state index in [1.54, 1.807) is 0 Å². The van der Waals surface area contributed by atoms with Gasteiger partial charge in [0.1, 0.15) is 0 Å². The summed E-state index contributed by atoms with van der Waals surface area (Å²) in [5, 5.41) is 0. The maximum absolute atomic E-state index is 2.15. The number of benzene rings is 2. The maximum atomic E-state index is 2.15. The average Bonchev–Trinajstić information content (AvgIpc) is 2.32. The summed E-state index contributed by atoms with van der Waals surface area (Å²) in [4.78, 5) is 2.67. The zero-order valence-electron chi connectivity index (χ0n) is 8.30. The first-order chi connectivity index (χ1) is 7.45. The molecule has 0 bridgehead atoms. The SMILES string of the molecule is B(Sc1ccccc1)Sc1ccccc1. The molecule has 74 valence electrons. The third kappa shape index (κ3) is 3.69. The van der Waals surface area contributed by atoms with Crippen LogP contribution < -0.4 is 0 Å². The summed E-state index contributed by atoms with van der Waals surface area (Å²) in [7, 11) is 0. The largest absolute Gasteiger partial charge is 0.269 e. The van der Waals surface area contributed by atoms with Crippen molar-refractivity contribution in [1.29, 1.82) is 0 Å². The molecule has 0 radical (unpaired) electrons. The Morgan fingerprint density at radius 1 is 0.600 bits per heavy atom. The van der Waals surface area contributed by atoms with E-state index in [4.69, 9.17) is 0 Å². The molecule has 0 atom stereocenters. The third-order valence-electron chi connectivity index (χ3n) is 1.94. The van der Waals surface area contributed by atoms with E-state index in [0.717, 1.165) is 5.84 Å². The second-order valence-electron chi connectivity index (χ2n) is 3.03. The van der Waals surface area contributed by atoms with Crippen molar-refractivity contribution in [2.45, 2.75) is 9.79 Å². The summed E-state index contributed by atoms with van der Waals surface area (Å²) in [6.07, 6.45) is 0. The molecule has 0 N–H and O–H groups in total. The van der Waals surface area contributed by atoms with Crippen molar-refractivity contribution in [3.63, 3.8) is 0 Å². The Balaban J connectivity index is 1.81. The summed E-state index contributed by atoms with van der Waals surface area (Å²) in [6, 6.07) is 21.0. The smallest absolute Gasteiger partial charge is 0.165 e. The molecule has 15 heavy (non-hydrogen) atoms. The molecule has 2 aromatic rings. The molecule has 0 aromatic heterocycles. The van der Waals surface area contributed by atoms with E-state index in [9.17, 15) is 0 Å². The summed E-state index contributed by atoms with van der Waals surface area (Å²) in [6.45, 7) is 0. The summed E-state index contributed by atoms with van der Waals surface area (Å²) in [5.41, 5.74) is 0. The molecule has 0 unspecified atom stereocenters. The first-order valence-corrected chi connectivity index (χ1v) is 6.78. The topological polar surface area (TPSA) is 0 Å². The van der Waals surface area contributed by atoms with E-state index in [1.165, 1.54) is 9.79 Å². The van der Waals surface area contributed by atoms with Crippen molar-refractivity contribution in [1.82, 2.24) is 0 Å². The monoisotopic (exact) mass is 230 g/mol. The molecule has 0 aliphatic rings. The molecule has 0 saturated carbocycles. The molecule has 0 aliphatic carbocycles. The van der Waals surface area contributed by atoms with E-state index < -0.39 is 0 Å². The second-order valence-corrected chi connectivity index (χ2v) is 5.50. The second kappa shape index (κ2) is 5.94. The standard InChI is InChI=1S/C12H11BS2/c1-3-7-11(8-4-1)14-13-15-12-9-5-2-6-10-12/h1-10,13H. The van der Waals surface area contributed by atoms with Crippen molar-refractivity contribution in [3.8, 4) is 0 Å². The first-order valence-electron chi connectivity index (χ1n) is 4.81. The highest BCUT2D eigenvalue weighted by atomic mass is 32.2. The third-order valence-corrected chi connectivity index (χ3v) is 4.09. The van der Waals surface area contributed by atoms with Crippen LogP contribution in [0.2, 0.25) is 0 Å². The van der Waals surface area contributed by atoms with Gasteiger partial charge < -0.3 is 0 Å². The van der Waals surface area contributed by atoms with Crippen LogP contribution in [0.3, 0.4) is 0 Å². The van der Waals surface area contributed by atoms with Gasteiger partial charge in [0.05, 0.1) is 0 Å². The Kier molecular flexibility index (Phi) is 4.24. The molecule has 0 amide bonds. The molecule has 3 heteroatoms. The molecule has 0 fully saturated rings. The van der Waals surface area contributed by atoms with Gasteiger partial charge in [0.15, 0.2) is 0 Å². The van der Waals surface area contributed by atoms with Crippen LogP contribution in [0, 0.1) is 0 Å². The first kappa shape index (κ1) is 10.7. The molecular formula is C12H11BS2. The molecule has 2 rings (SSSR count). The van der Waals surface area contributed by atoms with Crippen LogP contribution in [0.1, 0.15) is 0 Å². The molecule has 2 aromatic carbocycles. The van der Waals surface area contributed by atoms with Crippen molar-refractivity contribution < 1.29 is 0 Å². The van der Waals surface area contributed by atoms with Crippen LogP contribution in [0.5, 0.6) is 0 Å². The molecule has 0 heterocycles. The van der Waals surface area contributed by atoms with E-state index in [1.807, 2.05) is 35.4 Å². The minimum absolute atomic E-state index is 1.06. The Hall–Kier alpha value is -0.795. The normalized spacial score (nSPS) is 9.87. The van der Waals surface area contributed by atoms with Crippen LogP contribution in [0.4, 0.5) is 0 Å². The van der Waals surface area contributed by atoms with Crippen molar-refractivity contribution in [3.05, 3.63) is 60.7 Å². The lowest BCUT2D eigenvalue weighted by molar-refractivity contribution is 1.47. The summed E-state index contributed by atoms with van der Waals surface area (Å²) >= 11 is 3.76. The lowest BCUT2D eigenvalue weighted by atomic mass is 10.4. The highest BCUT2D eigenvalue weighted by Gasteiger charge is 1.96. The minimum atomic E-state index is 1.06. The van der Waals surface area contributed by atoms with Crippen molar-refractivity contribution >= 4 is 29.1 Å². The summed E-state index contributed by atoms with van der Waals surface area (Å²) in [5.74, 6) is 1.06. The molecule has 0 spiro atoms. The van der Waals surface area contributed by atoms with Gasteiger partial charge in [-0.1, -0.05) is 36.4 Å². The lowest BCUT2D eigenvalue weighted by Gasteiger charge is -2.00. The van der Waals surface area contributed by atoms with E-state index >= 15 is 0 Å². The molecular weight excluding hydrogens is 219 g/mol. The fourth-order valence-corrected chi connectivity index (χ4v) is 3.22. The molecule has 0 saturated heterocycles. The van der Waals surface area contributed by atoms with Gasteiger partial charge in [0, 0.05) is 0 Å². The fraction of sp³-hybridized carbons (Fsp3) is 0. The van der Waals surface area contributed by atoms with Gasteiger partial charge in [-0.05, 0) is 34.1 Å². The maximum Gasteiger partial charge on any atom is 0.269 e. The number of hydrogen-bond acceptors (Lipinski definition) is 2. The van der Waals surface area contributed by atoms with E-state index in [2.05, 4.69) is 48.5 Å². The van der Waals surface area contributed by atoms with Crippen LogP contribution in [0.25, 0.3) is 0 Å². The zero-order valence-corrected chi connectivity index (χ0v) is 9.93. The predicted molar refractivity (Wildman–Crippen MR) is 71.7 cm³/mol. The Labute approximate surface area is 99.5 Å². The van der Waals surface area contributed by atoms with Crippen molar-refractivity contribution in [2.75, 3.05) is 0 Å². The molecule has 0 nitrogen and oxygen atoms in total. The van der Waals surface area contributed by atoms with Gasteiger partial charge in [0.25, 0.3) is 5.84 Å². The highest BCUT2D eigenvalue weighted by molar-refractivity contribution is 8.50. The Bertz CT molecular complexity index is 349. The van der Waals surface area contributed by atoms with Crippen molar-refractivity contribution in [2.24, 2.45) is 0 Å². The molecule has 0 aliphatic heterocycles. The fourth-order valence-electron chi connectivity index (χ4n) is 1.20. The average molecular weight is 230 g/mol.